The van der Waals surface area contributed by atoms with Crippen LogP contribution in [0.1, 0.15) is 12.6 Å². The lowest BCUT2D eigenvalue weighted by atomic mass is 9.92. The van der Waals surface area contributed by atoms with Crippen molar-refractivity contribution in [3.05, 3.63) is 24.2 Å². The van der Waals surface area contributed by atoms with Gasteiger partial charge in [0.2, 0.25) is 5.60 Å². The van der Waals surface area contributed by atoms with Crippen molar-refractivity contribution in [3.8, 4) is 6.07 Å². The summed E-state index contributed by atoms with van der Waals surface area (Å²) in [5.74, 6) is -0.487. The molecule has 0 aliphatic carbocycles. The zero-order valence-electron chi connectivity index (χ0n) is 16.0. The minimum absolute atomic E-state index is 0.130. The average Bonchev–Trinajstić information content (AvgIpc) is 3.27. The molecule has 0 spiro atoms. The van der Waals surface area contributed by atoms with E-state index >= 15 is 0 Å². The highest BCUT2D eigenvalue weighted by atomic mass is 31.1. The number of esters is 1. The molecule has 1 unspecified atom stereocenters. The number of carbonyl (C=O) groups is 1. The summed E-state index contributed by atoms with van der Waals surface area (Å²) in [5, 5.41) is 37.2. The first-order valence-corrected chi connectivity index (χ1v) is 9.91. The normalized spacial score (nSPS) is 27.6. The number of nitrogens with one attached hydrogen (secondary N) is 1. The van der Waals surface area contributed by atoms with Gasteiger partial charge in [-0.1, -0.05) is 5.09 Å². The second kappa shape index (κ2) is 8.57. The minimum atomic E-state index is -2.52. The fraction of sp³-hybridized carbons (Fsp3) is 0.500. The van der Waals surface area contributed by atoms with Gasteiger partial charge in [0.05, 0.1) is 12.8 Å². The van der Waals surface area contributed by atoms with Gasteiger partial charge in [-0.25, -0.2) is 9.50 Å². The molecule has 0 amide bonds. The molecule has 2 aromatic rings. The number of anilines is 1. The number of nitriles is 1. The highest BCUT2D eigenvalue weighted by Gasteiger charge is 2.58. The SMILES string of the molecule is COC(=O)[C@H](C)N[P+](=O)OC[C@H]1O[C@@](C#N)(c2ccc3c(N)ncnn23)[C@H](O)[C@@H]1O. The second-order valence-corrected chi connectivity index (χ2v) is 7.56. The van der Waals surface area contributed by atoms with Crippen molar-refractivity contribution in [1.29, 1.82) is 5.26 Å². The van der Waals surface area contributed by atoms with Crippen LogP contribution in [0.25, 0.3) is 5.52 Å². The van der Waals surface area contributed by atoms with Gasteiger partial charge >= 0.3 is 14.1 Å². The summed E-state index contributed by atoms with van der Waals surface area (Å²) in [6.07, 6.45) is -3.21. The maximum absolute atomic E-state index is 12.0. The monoisotopic (exact) mass is 439 g/mol. The van der Waals surface area contributed by atoms with Gasteiger partial charge in [-0.05, 0) is 23.6 Å². The summed E-state index contributed by atoms with van der Waals surface area (Å²) in [5.41, 5.74) is 4.32. The highest BCUT2D eigenvalue weighted by molar-refractivity contribution is 7.36. The fourth-order valence-corrected chi connectivity index (χ4v) is 3.89. The first-order chi connectivity index (χ1) is 14.2. The number of methoxy groups -OCH3 is 1. The molecule has 0 radical (unpaired) electrons. The molecule has 1 aliphatic heterocycles. The van der Waals surface area contributed by atoms with Gasteiger partial charge in [0.15, 0.2) is 5.82 Å². The first kappa shape index (κ1) is 22.0. The van der Waals surface area contributed by atoms with Crippen molar-refractivity contribution < 1.29 is 33.6 Å². The van der Waals surface area contributed by atoms with E-state index in [1.807, 2.05) is 6.07 Å². The molecule has 160 valence electrons. The Balaban J connectivity index is 1.78. The van der Waals surface area contributed by atoms with Crippen molar-refractivity contribution in [1.82, 2.24) is 19.7 Å². The summed E-state index contributed by atoms with van der Waals surface area (Å²) < 4.78 is 28.6. The average molecular weight is 439 g/mol. The first-order valence-electron chi connectivity index (χ1n) is 8.73. The van der Waals surface area contributed by atoms with Gasteiger partial charge < -0.3 is 25.4 Å². The van der Waals surface area contributed by atoms with Crippen LogP contribution < -0.4 is 10.8 Å². The number of ether oxygens (including phenoxy) is 2. The molecular weight excluding hydrogens is 419 g/mol. The zero-order chi connectivity index (χ0) is 22.1. The zero-order valence-corrected chi connectivity index (χ0v) is 16.9. The maximum Gasteiger partial charge on any atom is 0.613 e. The predicted molar refractivity (Wildman–Crippen MR) is 99.7 cm³/mol. The molecule has 2 aromatic heterocycles. The second-order valence-electron chi connectivity index (χ2n) is 6.53. The third-order valence-electron chi connectivity index (χ3n) is 4.70. The van der Waals surface area contributed by atoms with Gasteiger partial charge in [-0.3, -0.25) is 4.79 Å². The van der Waals surface area contributed by atoms with E-state index in [0.717, 1.165) is 0 Å². The molecular formula is C16H20N6O7P+. The number of aliphatic hydroxyl groups excluding tert-OH is 2. The van der Waals surface area contributed by atoms with E-state index in [-0.39, 0.29) is 11.5 Å². The summed E-state index contributed by atoms with van der Waals surface area (Å²) in [6, 6.07) is 4.01. The number of aliphatic hydroxyl groups is 2. The van der Waals surface area contributed by atoms with Crippen LogP contribution in [0.4, 0.5) is 5.82 Å². The summed E-state index contributed by atoms with van der Waals surface area (Å²) in [4.78, 5) is 15.2. The molecule has 30 heavy (non-hydrogen) atoms. The van der Waals surface area contributed by atoms with E-state index in [9.17, 15) is 24.8 Å². The lowest BCUT2D eigenvalue weighted by Gasteiger charge is -2.24. The molecule has 0 saturated carbocycles. The molecule has 0 aromatic carbocycles. The van der Waals surface area contributed by atoms with Crippen LogP contribution in [0.3, 0.4) is 0 Å². The van der Waals surface area contributed by atoms with Crippen LogP contribution in [0.2, 0.25) is 0 Å². The third kappa shape index (κ3) is 3.72. The molecule has 0 bridgehead atoms. The summed E-state index contributed by atoms with van der Waals surface area (Å²) >= 11 is 0. The van der Waals surface area contributed by atoms with Crippen molar-refractivity contribution >= 4 is 25.5 Å². The third-order valence-corrected chi connectivity index (χ3v) is 5.68. The number of nitrogen functional groups attached to an aromatic ring is 1. The highest BCUT2D eigenvalue weighted by Crippen LogP contribution is 2.41. The number of nitrogens with two attached hydrogens (primary N) is 1. The van der Waals surface area contributed by atoms with Gasteiger partial charge in [0.1, 0.15) is 48.9 Å². The molecule has 1 saturated heterocycles. The van der Waals surface area contributed by atoms with Crippen molar-refractivity contribution in [2.45, 2.75) is 36.9 Å². The van der Waals surface area contributed by atoms with E-state index in [0.29, 0.717) is 5.52 Å². The number of fused-ring (bicyclic) bond motifs is 1. The maximum atomic E-state index is 12.0. The number of hydrogen-bond donors (Lipinski definition) is 4. The minimum Gasteiger partial charge on any atom is -0.468 e. The lowest BCUT2D eigenvalue weighted by molar-refractivity contribution is -0.142. The summed E-state index contributed by atoms with van der Waals surface area (Å²) in [6.45, 7) is 0.997. The molecule has 13 nitrogen and oxygen atoms in total. The van der Waals surface area contributed by atoms with Gasteiger partial charge in [0.25, 0.3) is 0 Å². The van der Waals surface area contributed by atoms with E-state index < -0.39 is 50.7 Å². The van der Waals surface area contributed by atoms with Gasteiger partial charge in [-0.15, -0.1) is 4.52 Å². The Morgan fingerprint density at radius 3 is 2.97 bits per heavy atom. The Labute approximate surface area is 171 Å². The van der Waals surface area contributed by atoms with E-state index in [1.165, 1.54) is 30.9 Å². The topological polar surface area (TPSA) is 194 Å². The number of aromatic nitrogens is 3. The molecule has 14 heteroatoms. The van der Waals surface area contributed by atoms with Crippen LogP contribution in [-0.2, 0) is 29.0 Å². The number of rotatable bonds is 7. The largest absolute Gasteiger partial charge is 0.613 e. The summed E-state index contributed by atoms with van der Waals surface area (Å²) in [7, 11) is -1.33. The number of nitrogens with zero attached hydrogens (tertiary/aromatic N) is 4. The van der Waals surface area contributed by atoms with E-state index in [4.69, 9.17) is 15.0 Å². The van der Waals surface area contributed by atoms with Gasteiger partial charge in [-0.2, -0.15) is 10.4 Å². The van der Waals surface area contributed by atoms with Crippen LogP contribution >= 0.6 is 8.18 Å². The number of hydrogen-bond acceptors (Lipinski definition) is 11. The molecule has 1 fully saturated rings. The van der Waals surface area contributed by atoms with Crippen LogP contribution in [-0.4, -0.2) is 68.9 Å². The Hall–Kier alpha value is -2.72. The molecule has 6 atom stereocenters. The Morgan fingerprint density at radius 2 is 2.30 bits per heavy atom. The van der Waals surface area contributed by atoms with Crippen molar-refractivity contribution in [2.75, 3.05) is 19.5 Å². The van der Waals surface area contributed by atoms with Crippen molar-refractivity contribution in [2.24, 2.45) is 0 Å². The standard InChI is InChI=1S/C16H20N6O7P/c1-8(15(25)27-2)21-30(26)28-5-10-12(23)13(24)16(6-17,29-10)11-4-3-9-14(18)19-7-20-22(9)11/h3-4,7-8,10,12-13,23-24H,5H2,1-2H3,(H,21,26)(H2,18,19,20)/q+1/t8-,10+,12+,13+,16-/m0/s1. The molecule has 1 aliphatic rings. The van der Waals surface area contributed by atoms with Crippen LogP contribution in [0.5, 0.6) is 0 Å². The number of carbonyl (C=O) groups excluding carboxylic acids is 1. The Morgan fingerprint density at radius 1 is 1.57 bits per heavy atom. The Kier molecular flexibility index (Phi) is 6.27. The lowest BCUT2D eigenvalue weighted by Crippen LogP contribution is -2.41. The molecule has 5 N–H and O–H groups in total. The van der Waals surface area contributed by atoms with E-state index in [1.54, 1.807) is 6.07 Å². The van der Waals surface area contributed by atoms with Crippen molar-refractivity contribution in [3.63, 3.8) is 0 Å². The fourth-order valence-electron chi connectivity index (χ4n) is 3.12. The predicted octanol–water partition coefficient (Wildman–Crippen LogP) is -1.02. The molecule has 3 rings (SSSR count). The van der Waals surface area contributed by atoms with E-state index in [2.05, 4.69) is 19.9 Å². The quantitative estimate of drug-likeness (QED) is 0.303. The van der Waals surface area contributed by atoms with Gasteiger partial charge in [0, 0.05) is 0 Å². The molecule has 3 heterocycles. The van der Waals surface area contributed by atoms with Crippen LogP contribution in [0, 0.1) is 11.3 Å². The van der Waals surface area contributed by atoms with Crippen LogP contribution in [0.15, 0.2) is 18.5 Å². The Bertz CT molecular complexity index is 1010. The smallest absolute Gasteiger partial charge is 0.468 e.